The highest BCUT2D eigenvalue weighted by Gasteiger charge is 2.12. The van der Waals surface area contributed by atoms with E-state index >= 15 is 0 Å². The van der Waals surface area contributed by atoms with Crippen molar-refractivity contribution in [2.24, 2.45) is 5.92 Å². The molecule has 1 heterocycles. The number of H-pyrrole nitrogens is 1. The van der Waals surface area contributed by atoms with E-state index in [4.69, 9.17) is 0 Å². The fourth-order valence-electron chi connectivity index (χ4n) is 1.35. The first-order chi connectivity index (χ1) is 6.24. The molecule has 0 radical (unpaired) electrons. The molecule has 1 aromatic rings. The van der Waals surface area contributed by atoms with Gasteiger partial charge >= 0.3 is 0 Å². The second-order valence-electron chi connectivity index (χ2n) is 3.38. The summed E-state index contributed by atoms with van der Waals surface area (Å²) in [4.78, 5) is 11.5. The van der Waals surface area contributed by atoms with E-state index in [1.165, 1.54) is 6.20 Å². The minimum absolute atomic E-state index is 0.0784. The first kappa shape index (κ1) is 9.89. The van der Waals surface area contributed by atoms with Crippen molar-refractivity contribution in [3.05, 3.63) is 11.9 Å². The van der Waals surface area contributed by atoms with Gasteiger partial charge in [0.15, 0.2) is 5.78 Å². The smallest absolute Gasteiger partial charge is 0.184 e. The van der Waals surface area contributed by atoms with Crippen LogP contribution in [0, 0.1) is 5.92 Å². The Morgan fingerprint density at radius 2 is 2.46 bits per heavy atom. The molecule has 1 atom stereocenters. The predicted octanol–water partition coefficient (Wildman–Crippen LogP) is 1.81. The first-order valence-electron chi connectivity index (χ1n) is 4.63. The molecule has 0 fully saturated rings. The molecule has 0 saturated carbocycles. The minimum Gasteiger partial charge on any atom is -0.292 e. The highest BCUT2D eigenvalue weighted by Crippen LogP contribution is 2.12. The van der Waals surface area contributed by atoms with Crippen LogP contribution in [-0.2, 0) is 0 Å². The third-order valence-electron chi connectivity index (χ3n) is 2.02. The van der Waals surface area contributed by atoms with Crippen molar-refractivity contribution >= 4 is 5.78 Å². The number of rotatable bonds is 5. The Balaban J connectivity index is 2.42. The summed E-state index contributed by atoms with van der Waals surface area (Å²) in [5, 5.41) is 9.78. The van der Waals surface area contributed by atoms with E-state index in [9.17, 15) is 4.79 Å². The Labute approximate surface area is 77.7 Å². The van der Waals surface area contributed by atoms with Gasteiger partial charge in [-0.25, -0.2) is 0 Å². The maximum absolute atomic E-state index is 11.5. The predicted molar refractivity (Wildman–Crippen MR) is 49.4 cm³/mol. The van der Waals surface area contributed by atoms with Gasteiger partial charge in [-0.3, -0.25) is 4.79 Å². The standard InChI is InChI=1S/C9H15N3O/c1-3-4-7(2)5-9(13)8-6-10-12-11-8/h6-7H,3-5H2,1-2H3,(H,10,11,12). The summed E-state index contributed by atoms with van der Waals surface area (Å²) >= 11 is 0. The number of carbonyl (C=O) groups is 1. The molecule has 0 aromatic carbocycles. The molecule has 72 valence electrons. The van der Waals surface area contributed by atoms with Gasteiger partial charge in [-0.1, -0.05) is 26.7 Å². The molecule has 4 nitrogen and oxygen atoms in total. The summed E-state index contributed by atoms with van der Waals surface area (Å²) in [6.45, 7) is 4.21. The lowest BCUT2D eigenvalue weighted by molar-refractivity contribution is 0.0957. The molecular weight excluding hydrogens is 166 g/mol. The number of Topliss-reactive ketones (excluding diaryl/α,β-unsaturated/α-hetero) is 1. The van der Waals surface area contributed by atoms with Crippen molar-refractivity contribution in [1.82, 2.24) is 15.4 Å². The molecule has 13 heavy (non-hydrogen) atoms. The summed E-state index contributed by atoms with van der Waals surface area (Å²) in [6.07, 6.45) is 4.25. The van der Waals surface area contributed by atoms with Crippen LogP contribution in [-0.4, -0.2) is 21.2 Å². The Bertz CT molecular complexity index is 256. The van der Waals surface area contributed by atoms with Crippen molar-refractivity contribution in [3.63, 3.8) is 0 Å². The Kier molecular flexibility index (Phi) is 3.61. The van der Waals surface area contributed by atoms with E-state index in [1.54, 1.807) is 0 Å². The number of ketones is 1. The zero-order valence-electron chi connectivity index (χ0n) is 8.08. The highest BCUT2D eigenvalue weighted by molar-refractivity contribution is 5.93. The zero-order valence-corrected chi connectivity index (χ0v) is 8.08. The molecule has 0 aliphatic carbocycles. The van der Waals surface area contributed by atoms with E-state index in [0.717, 1.165) is 12.8 Å². The van der Waals surface area contributed by atoms with Gasteiger partial charge in [-0.05, 0) is 5.92 Å². The molecule has 1 unspecified atom stereocenters. The molecule has 1 rings (SSSR count). The lowest BCUT2D eigenvalue weighted by Gasteiger charge is -2.06. The van der Waals surface area contributed by atoms with E-state index in [1.807, 2.05) is 0 Å². The fraction of sp³-hybridized carbons (Fsp3) is 0.667. The molecule has 0 aliphatic rings. The van der Waals surface area contributed by atoms with Gasteiger partial charge in [0, 0.05) is 6.42 Å². The van der Waals surface area contributed by atoms with Gasteiger partial charge < -0.3 is 0 Å². The van der Waals surface area contributed by atoms with Crippen LogP contribution >= 0.6 is 0 Å². The highest BCUT2D eigenvalue weighted by atomic mass is 16.1. The van der Waals surface area contributed by atoms with Gasteiger partial charge in [0.25, 0.3) is 0 Å². The van der Waals surface area contributed by atoms with Gasteiger partial charge in [0.05, 0.1) is 6.20 Å². The van der Waals surface area contributed by atoms with Crippen molar-refractivity contribution in [2.45, 2.75) is 33.1 Å². The average molecular weight is 181 g/mol. The average Bonchev–Trinajstić information content (AvgIpc) is 2.55. The molecule has 0 bridgehead atoms. The van der Waals surface area contributed by atoms with Crippen LogP contribution in [0.1, 0.15) is 43.6 Å². The SMILES string of the molecule is CCCC(C)CC(=O)c1cn[nH]n1. The summed E-state index contributed by atoms with van der Waals surface area (Å²) in [5.74, 6) is 0.518. The number of hydrogen-bond donors (Lipinski definition) is 1. The number of nitrogens with one attached hydrogen (secondary N) is 1. The molecular formula is C9H15N3O. The lowest BCUT2D eigenvalue weighted by atomic mass is 9.99. The van der Waals surface area contributed by atoms with Gasteiger partial charge in [-0.2, -0.15) is 15.4 Å². The number of carbonyl (C=O) groups excluding carboxylic acids is 1. The third kappa shape index (κ3) is 2.97. The third-order valence-corrected chi connectivity index (χ3v) is 2.02. The largest absolute Gasteiger partial charge is 0.292 e. The Hall–Kier alpha value is -1.19. The van der Waals surface area contributed by atoms with Crippen LogP contribution in [0.2, 0.25) is 0 Å². The second kappa shape index (κ2) is 4.74. The van der Waals surface area contributed by atoms with E-state index in [0.29, 0.717) is 18.0 Å². The molecule has 1 N–H and O–H groups in total. The van der Waals surface area contributed by atoms with E-state index < -0.39 is 0 Å². The molecule has 0 amide bonds. The monoisotopic (exact) mass is 181 g/mol. The molecule has 0 saturated heterocycles. The van der Waals surface area contributed by atoms with Gasteiger partial charge in [0.1, 0.15) is 5.69 Å². The lowest BCUT2D eigenvalue weighted by Crippen LogP contribution is -2.06. The maximum atomic E-state index is 11.5. The summed E-state index contributed by atoms with van der Waals surface area (Å²) in [6, 6.07) is 0. The number of aromatic amines is 1. The molecule has 0 spiro atoms. The number of hydrogen-bond acceptors (Lipinski definition) is 3. The maximum Gasteiger partial charge on any atom is 0.184 e. The van der Waals surface area contributed by atoms with Gasteiger partial charge in [-0.15, -0.1) is 0 Å². The van der Waals surface area contributed by atoms with Crippen LogP contribution in [0.3, 0.4) is 0 Å². The Morgan fingerprint density at radius 3 is 3.00 bits per heavy atom. The van der Waals surface area contributed by atoms with Crippen LogP contribution in [0.5, 0.6) is 0 Å². The summed E-state index contributed by atoms with van der Waals surface area (Å²) in [7, 11) is 0. The number of aromatic nitrogens is 3. The molecule has 0 aliphatic heterocycles. The first-order valence-corrected chi connectivity index (χ1v) is 4.63. The number of nitrogens with zero attached hydrogens (tertiary/aromatic N) is 2. The van der Waals surface area contributed by atoms with Crippen molar-refractivity contribution in [1.29, 1.82) is 0 Å². The van der Waals surface area contributed by atoms with Crippen LogP contribution in [0.4, 0.5) is 0 Å². The van der Waals surface area contributed by atoms with Gasteiger partial charge in [0.2, 0.25) is 0 Å². The zero-order chi connectivity index (χ0) is 9.68. The molecule has 4 heteroatoms. The summed E-state index contributed by atoms with van der Waals surface area (Å²) < 4.78 is 0. The quantitative estimate of drug-likeness (QED) is 0.705. The van der Waals surface area contributed by atoms with E-state index in [-0.39, 0.29) is 5.78 Å². The van der Waals surface area contributed by atoms with Crippen molar-refractivity contribution in [3.8, 4) is 0 Å². The fourth-order valence-corrected chi connectivity index (χ4v) is 1.35. The van der Waals surface area contributed by atoms with Crippen LogP contribution in [0.25, 0.3) is 0 Å². The Morgan fingerprint density at radius 1 is 1.69 bits per heavy atom. The second-order valence-corrected chi connectivity index (χ2v) is 3.38. The minimum atomic E-state index is 0.0784. The van der Waals surface area contributed by atoms with Crippen molar-refractivity contribution < 1.29 is 4.79 Å². The van der Waals surface area contributed by atoms with Crippen molar-refractivity contribution in [2.75, 3.05) is 0 Å². The van der Waals surface area contributed by atoms with E-state index in [2.05, 4.69) is 29.3 Å². The summed E-state index contributed by atoms with van der Waals surface area (Å²) in [5.41, 5.74) is 0.447. The normalized spacial score (nSPS) is 12.8. The van der Waals surface area contributed by atoms with Crippen LogP contribution < -0.4 is 0 Å². The van der Waals surface area contributed by atoms with Crippen LogP contribution in [0.15, 0.2) is 6.20 Å². The molecule has 1 aromatic heterocycles. The topological polar surface area (TPSA) is 58.6 Å².